The van der Waals surface area contributed by atoms with Gasteiger partial charge in [0.1, 0.15) is 5.75 Å². The summed E-state index contributed by atoms with van der Waals surface area (Å²) in [5.74, 6) is -1.17. The van der Waals surface area contributed by atoms with Crippen molar-refractivity contribution in [1.82, 2.24) is 4.72 Å². The molecule has 0 aliphatic carbocycles. The van der Waals surface area contributed by atoms with Crippen LogP contribution in [-0.4, -0.2) is 41.2 Å². The summed E-state index contributed by atoms with van der Waals surface area (Å²) in [4.78, 5) is 13.7. The lowest BCUT2D eigenvalue weighted by Gasteiger charge is -2.13. The normalized spacial score (nSPS) is 11.4. The Bertz CT molecular complexity index is 801. The van der Waals surface area contributed by atoms with Crippen LogP contribution in [0.25, 0.3) is 10.8 Å². The average Bonchev–Trinajstić information content (AvgIpc) is 2.45. The average molecular weight is 321 g/mol. The maximum Gasteiger partial charge on any atom is 0.240 e. The molecule has 0 fully saturated rings. The smallest absolute Gasteiger partial charge is 0.240 e. The standard InChI is InChI=1S/C15H19N3O3S/c1-16-22(20,21)10-15(19)17-13-6-4-12-9-14(18(2)3)7-5-11(12)8-13/h4-9,16H,10H2,1-3H3,(H,17,19). The zero-order valence-electron chi connectivity index (χ0n) is 12.8. The number of nitrogens with zero attached hydrogens (tertiary/aromatic N) is 1. The van der Waals surface area contributed by atoms with E-state index in [9.17, 15) is 13.2 Å². The molecular weight excluding hydrogens is 302 g/mol. The lowest BCUT2D eigenvalue weighted by molar-refractivity contribution is -0.113. The zero-order valence-corrected chi connectivity index (χ0v) is 13.6. The minimum atomic E-state index is -3.56. The Morgan fingerprint density at radius 2 is 1.73 bits per heavy atom. The highest BCUT2D eigenvalue weighted by Gasteiger charge is 2.14. The molecule has 1 amide bonds. The predicted octanol–water partition coefficient (Wildman–Crippen LogP) is 1.39. The van der Waals surface area contributed by atoms with E-state index >= 15 is 0 Å². The summed E-state index contributed by atoms with van der Waals surface area (Å²) < 4.78 is 24.8. The molecule has 0 heterocycles. The molecule has 0 spiro atoms. The summed E-state index contributed by atoms with van der Waals surface area (Å²) in [5, 5.41) is 4.61. The lowest BCUT2D eigenvalue weighted by atomic mass is 10.1. The number of hydrogen-bond donors (Lipinski definition) is 2. The predicted molar refractivity (Wildman–Crippen MR) is 89.8 cm³/mol. The quantitative estimate of drug-likeness (QED) is 0.872. The van der Waals surface area contributed by atoms with Crippen molar-refractivity contribution in [3.8, 4) is 0 Å². The van der Waals surface area contributed by atoms with Crippen LogP contribution < -0.4 is 14.9 Å². The van der Waals surface area contributed by atoms with Gasteiger partial charge in [0.2, 0.25) is 15.9 Å². The number of nitrogens with one attached hydrogen (secondary N) is 2. The van der Waals surface area contributed by atoms with E-state index in [-0.39, 0.29) is 0 Å². The van der Waals surface area contributed by atoms with Crippen LogP contribution >= 0.6 is 0 Å². The first-order valence-corrected chi connectivity index (χ1v) is 8.38. The Labute approximate surface area is 130 Å². The molecule has 7 heteroatoms. The lowest BCUT2D eigenvalue weighted by Crippen LogP contribution is -2.30. The molecule has 0 radical (unpaired) electrons. The molecule has 0 aliphatic heterocycles. The van der Waals surface area contributed by atoms with Crippen LogP contribution in [0.15, 0.2) is 36.4 Å². The van der Waals surface area contributed by atoms with Gasteiger partial charge < -0.3 is 10.2 Å². The van der Waals surface area contributed by atoms with Crippen molar-refractivity contribution in [2.75, 3.05) is 37.1 Å². The number of rotatable bonds is 5. The third-order valence-electron chi connectivity index (χ3n) is 3.26. The molecule has 22 heavy (non-hydrogen) atoms. The third-order valence-corrected chi connectivity index (χ3v) is 4.52. The second-order valence-electron chi connectivity index (χ2n) is 5.15. The molecule has 0 atom stereocenters. The van der Waals surface area contributed by atoms with Gasteiger partial charge in [0, 0.05) is 25.5 Å². The van der Waals surface area contributed by atoms with Crippen molar-refractivity contribution in [2.45, 2.75) is 0 Å². The first-order chi connectivity index (χ1) is 10.3. The molecule has 2 aromatic carbocycles. The molecule has 0 bridgehead atoms. The Kier molecular flexibility index (Phi) is 4.68. The van der Waals surface area contributed by atoms with Gasteiger partial charge in [-0.2, -0.15) is 0 Å². The van der Waals surface area contributed by atoms with E-state index in [1.165, 1.54) is 7.05 Å². The largest absolute Gasteiger partial charge is 0.378 e. The summed E-state index contributed by atoms with van der Waals surface area (Å²) in [7, 11) is 1.66. The van der Waals surface area contributed by atoms with E-state index in [0.29, 0.717) is 5.69 Å². The highest BCUT2D eigenvalue weighted by atomic mass is 32.2. The van der Waals surface area contributed by atoms with Gasteiger partial charge in [-0.1, -0.05) is 12.1 Å². The van der Waals surface area contributed by atoms with Crippen molar-refractivity contribution in [2.24, 2.45) is 0 Å². The fourth-order valence-electron chi connectivity index (χ4n) is 2.03. The van der Waals surface area contributed by atoms with Gasteiger partial charge in [0.25, 0.3) is 0 Å². The molecule has 0 saturated heterocycles. The van der Waals surface area contributed by atoms with Crippen LogP contribution in [-0.2, 0) is 14.8 Å². The van der Waals surface area contributed by atoms with Crippen LogP contribution in [0.5, 0.6) is 0 Å². The van der Waals surface area contributed by atoms with Gasteiger partial charge in [-0.25, -0.2) is 13.1 Å². The van der Waals surface area contributed by atoms with Crippen molar-refractivity contribution in [3.63, 3.8) is 0 Å². The molecule has 0 saturated carbocycles. The van der Waals surface area contributed by atoms with E-state index in [4.69, 9.17) is 0 Å². The number of benzene rings is 2. The molecular formula is C15H19N3O3S. The van der Waals surface area contributed by atoms with E-state index in [2.05, 4.69) is 10.0 Å². The SMILES string of the molecule is CNS(=O)(=O)CC(=O)Nc1ccc2cc(N(C)C)ccc2c1. The van der Waals surface area contributed by atoms with Crippen LogP contribution in [0.1, 0.15) is 0 Å². The van der Waals surface area contributed by atoms with Crippen LogP contribution in [0, 0.1) is 0 Å². The summed E-state index contributed by atoms with van der Waals surface area (Å²) >= 11 is 0. The topological polar surface area (TPSA) is 78.5 Å². The van der Waals surface area contributed by atoms with Crippen LogP contribution in [0.4, 0.5) is 11.4 Å². The Balaban J connectivity index is 2.20. The van der Waals surface area contributed by atoms with Gasteiger partial charge in [-0.3, -0.25) is 4.79 Å². The number of carbonyl (C=O) groups is 1. The van der Waals surface area contributed by atoms with Gasteiger partial charge in [-0.15, -0.1) is 0 Å². The van der Waals surface area contributed by atoms with Gasteiger partial charge in [0.15, 0.2) is 0 Å². The number of anilines is 2. The first kappa shape index (κ1) is 16.3. The van der Waals surface area contributed by atoms with Crippen molar-refractivity contribution in [1.29, 1.82) is 0 Å². The van der Waals surface area contributed by atoms with Crippen molar-refractivity contribution < 1.29 is 13.2 Å². The number of carbonyl (C=O) groups excluding carboxylic acids is 1. The number of hydrogen-bond acceptors (Lipinski definition) is 4. The molecule has 2 rings (SSSR count). The fraction of sp³-hybridized carbons (Fsp3) is 0.267. The minimum absolute atomic E-state index is 0.571. The molecule has 0 aliphatic rings. The van der Waals surface area contributed by atoms with Crippen molar-refractivity contribution >= 4 is 38.1 Å². The molecule has 2 aromatic rings. The summed E-state index contributed by atoms with van der Waals surface area (Å²) in [6.07, 6.45) is 0. The summed E-state index contributed by atoms with van der Waals surface area (Å²) in [6.45, 7) is 0. The van der Waals surface area contributed by atoms with Gasteiger partial charge in [-0.05, 0) is 42.1 Å². The third kappa shape index (κ3) is 3.96. The molecule has 118 valence electrons. The van der Waals surface area contributed by atoms with Crippen LogP contribution in [0.2, 0.25) is 0 Å². The number of amides is 1. The van der Waals surface area contributed by atoms with Crippen molar-refractivity contribution in [3.05, 3.63) is 36.4 Å². The van der Waals surface area contributed by atoms with E-state index < -0.39 is 21.7 Å². The molecule has 0 aromatic heterocycles. The number of fused-ring (bicyclic) bond motifs is 1. The Morgan fingerprint density at radius 3 is 2.36 bits per heavy atom. The zero-order chi connectivity index (χ0) is 16.3. The van der Waals surface area contributed by atoms with Gasteiger partial charge >= 0.3 is 0 Å². The molecule has 0 unspecified atom stereocenters. The summed E-state index contributed by atoms with van der Waals surface area (Å²) in [6, 6.07) is 11.5. The number of sulfonamides is 1. The van der Waals surface area contributed by atoms with E-state index in [1.807, 2.05) is 49.3 Å². The maximum absolute atomic E-state index is 11.7. The molecule has 2 N–H and O–H groups in total. The second-order valence-corrected chi connectivity index (χ2v) is 7.08. The first-order valence-electron chi connectivity index (χ1n) is 6.73. The highest BCUT2D eigenvalue weighted by Crippen LogP contribution is 2.23. The fourth-order valence-corrected chi connectivity index (χ4v) is 2.59. The highest BCUT2D eigenvalue weighted by molar-refractivity contribution is 7.90. The van der Waals surface area contributed by atoms with E-state index in [1.54, 1.807) is 6.07 Å². The Hall–Kier alpha value is -2.12. The van der Waals surface area contributed by atoms with E-state index in [0.717, 1.165) is 16.5 Å². The van der Waals surface area contributed by atoms with Gasteiger partial charge in [0.05, 0.1) is 0 Å². The van der Waals surface area contributed by atoms with Crippen LogP contribution in [0.3, 0.4) is 0 Å². The molecule has 6 nitrogen and oxygen atoms in total. The summed E-state index contributed by atoms with van der Waals surface area (Å²) in [5.41, 5.74) is 1.66. The minimum Gasteiger partial charge on any atom is -0.378 e. The Morgan fingerprint density at radius 1 is 1.09 bits per heavy atom. The monoisotopic (exact) mass is 321 g/mol. The maximum atomic E-state index is 11.7. The second kappa shape index (κ2) is 6.33.